The minimum Gasteiger partial charge on any atom is -0.325 e. The van der Waals surface area contributed by atoms with Crippen molar-refractivity contribution < 1.29 is 4.79 Å². The highest BCUT2D eigenvalue weighted by atomic mass is 35.5. The van der Waals surface area contributed by atoms with Crippen molar-refractivity contribution in [3.05, 3.63) is 63.1 Å². The molecule has 5 heteroatoms. The van der Waals surface area contributed by atoms with E-state index in [2.05, 4.69) is 5.32 Å². The van der Waals surface area contributed by atoms with E-state index in [0.717, 1.165) is 16.8 Å². The van der Waals surface area contributed by atoms with Crippen LogP contribution >= 0.6 is 35.0 Å². The molecule has 0 aliphatic heterocycles. The largest absolute Gasteiger partial charge is 0.325 e. The number of carbonyl (C=O) groups excluding carboxylic acids is 1. The molecule has 0 saturated heterocycles. The van der Waals surface area contributed by atoms with Gasteiger partial charge in [0.2, 0.25) is 5.91 Å². The van der Waals surface area contributed by atoms with Crippen molar-refractivity contribution >= 4 is 46.6 Å². The predicted molar refractivity (Wildman–Crippen MR) is 97.2 cm³/mol. The second-order valence-electron chi connectivity index (χ2n) is 5.02. The van der Waals surface area contributed by atoms with E-state index >= 15 is 0 Å². The van der Waals surface area contributed by atoms with Gasteiger partial charge >= 0.3 is 0 Å². The van der Waals surface area contributed by atoms with Crippen LogP contribution < -0.4 is 5.32 Å². The van der Waals surface area contributed by atoms with Gasteiger partial charge in [0.05, 0.1) is 5.75 Å². The summed E-state index contributed by atoms with van der Waals surface area (Å²) < 4.78 is 0. The van der Waals surface area contributed by atoms with E-state index in [1.165, 1.54) is 17.3 Å². The van der Waals surface area contributed by atoms with Gasteiger partial charge in [-0.3, -0.25) is 4.79 Å². The highest BCUT2D eigenvalue weighted by Gasteiger charge is 2.07. The summed E-state index contributed by atoms with van der Waals surface area (Å²) in [6.07, 6.45) is 0. The van der Waals surface area contributed by atoms with Crippen LogP contribution in [0.25, 0.3) is 0 Å². The van der Waals surface area contributed by atoms with Gasteiger partial charge in [0.15, 0.2) is 0 Å². The highest BCUT2D eigenvalue weighted by Crippen LogP contribution is 2.25. The molecule has 0 aliphatic rings. The Hall–Kier alpha value is -1.16. The van der Waals surface area contributed by atoms with Crippen molar-refractivity contribution in [2.75, 3.05) is 11.1 Å². The van der Waals surface area contributed by atoms with Crippen LogP contribution in [0.3, 0.4) is 0 Å². The lowest BCUT2D eigenvalue weighted by Crippen LogP contribution is -2.15. The quantitative estimate of drug-likeness (QED) is 0.770. The van der Waals surface area contributed by atoms with E-state index in [1.807, 2.05) is 38.1 Å². The lowest BCUT2D eigenvalue weighted by Gasteiger charge is -2.10. The van der Waals surface area contributed by atoms with Gasteiger partial charge in [0, 0.05) is 21.5 Å². The number of hydrogen-bond acceptors (Lipinski definition) is 2. The summed E-state index contributed by atoms with van der Waals surface area (Å²) in [5.41, 5.74) is 4.12. The average Bonchev–Trinajstić information content (AvgIpc) is 2.46. The Balaban J connectivity index is 1.87. The molecule has 22 heavy (non-hydrogen) atoms. The van der Waals surface area contributed by atoms with Gasteiger partial charge in [0.25, 0.3) is 0 Å². The Kier molecular flexibility index (Phi) is 6.18. The van der Waals surface area contributed by atoms with Crippen molar-refractivity contribution in [1.29, 1.82) is 0 Å². The van der Waals surface area contributed by atoms with E-state index in [-0.39, 0.29) is 5.91 Å². The molecule has 0 heterocycles. The third-order valence-electron chi connectivity index (χ3n) is 3.38. The summed E-state index contributed by atoms with van der Waals surface area (Å²) in [5.74, 6) is 1.05. The zero-order valence-corrected chi connectivity index (χ0v) is 14.8. The first-order valence-corrected chi connectivity index (χ1v) is 8.76. The topological polar surface area (TPSA) is 29.1 Å². The summed E-state index contributed by atoms with van der Waals surface area (Å²) in [4.78, 5) is 12.0. The first-order valence-electron chi connectivity index (χ1n) is 6.85. The minimum atomic E-state index is -0.0104. The fraction of sp³-hybridized carbons (Fsp3) is 0.235. The van der Waals surface area contributed by atoms with Crippen molar-refractivity contribution in [1.82, 2.24) is 0 Å². The number of thioether (sulfide) groups is 1. The van der Waals surface area contributed by atoms with Crippen molar-refractivity contribution in [3.63, 3.8) is 0 Å². The summed E-state index contributed by atoms with van der Waals surface area (Å²) in [6.45, 7) is 4.04. The number of benzene rings is 2. The molecular formula is C17H17Cl2NOS. The van der Waals surface area contributed by atoms with Gasteiger partial charge in [-0.15, -0.1) is 11.8 Å². The molecule has 116 valence electrons. The smallest absolute Gasteiger partial charge is 0.234 e. The van der Waals surface area contributed by atoms with Crippen LogP contribution in [-0.4, -0.2) is 11.7 Å². The lowest BCUT2D eigenvalue weighted by molar-refractivity contribution is -0.113. The van der Waals surface area contributed by atoms with Gasteiger partial charge in [0.1, 0.15) is 0 Å². The number of carbonyl (C=O) groups is 1. The molecule has 0 radical (unpaired) electrons. The summed E-state index contributed by atoms with van der Waals surface area (Å²) in [6, 6.07) is 11.3. The third kappa shape index (κ3) is 4.67. The Morgan fingerprint density at radius 3 is 2.68 bits per heavy atom. The highest BCUT2D eigenvalue weighted by molar-refractivity contribution is 7.99. The normalized spacial score (nSPS) is 10.5. The maximum atomic E-state index is 12.0. The molecule has 0 aromatic heterocycles. The molecule has 0 unspecified atom stereocenters. The molecular weight excluding hydrogens is 337 g/mol. The summed E-state index contributed by atoms with van der Waals surface area (Å²) in [5, 5.41) is 4.20. The fourth-order valence-electron chi connectivity index (χ4n) is 1.97. The maximum absolute atomic E-state index is 12.0. The molecule has 0 fully saturated rings. The van der Waals surface area contributed by atoms with Crippen LogP contribution in [0.1, 0.15) is 16.7 Å². The number of nitrogens with one attached hydrogen (secondary N) is 1. The Morgan fingerprint density at radius 1 is 1.18 bits per heavy atom. The van der Waals surface area contributed by atoms with Crippen LogP contribution in [0.4, 0.5) is 5.69 Å². The molecule has 2 nitrogen and oxygen atoms in total. The van der Waals surface area contributed by atoms with Crippen molar-refractivity contribution in [2.24, 2.45) is 0 Å². The van der Waals surface area contributed by atoms with Crippen LogP contribution in [0, 0.1) is 13.8 Å². The van der Waals surface area contributed by atoms with Crippen LogP contribution in [-0.2, 0) is 10.5 Å². The molecule has 2 aromatic carbocycles. The van der Waals surface area contributed by atoms with Gasteiger partial charge in [-0.25, -0.2) is 0 Å². The van der Waals surface area contributed by atoms with E-state index in [4.69, 9.17) is 23.2 Å². The van der Waals surface area contributed by atoms with Gasteiger partial charge in [-0.05, 0) is 48.7 Å². The van der Waals surface area contributed by atoms with Crippen molar-refractivity contribution in [3.8, 4) is 0 Å². The van der Waals surface area contributed by atoms with E-state index in [9.17, 15) is 4.79 Å². The predicted octanol–water partition coefficient (Wildman–Crippen LogP) is 5.48. The molecule has 1 amide bonds. The van der Waals surface area contributed by atoms with Gasteiger partial charge in [-0.1, -0.05) is 41.4 Å². The van der Waals surface area contributed by atoms with Crippen LogP contribution in [0.15, 0.2) is 36.4 Å². The number of halogens is 2. The fourth-order valence-corrected chi connectivity index (χ4v) is 3.35. The third-order valence-corrected chi connectivity index (χ3v) is 4.95. The lowest BCUT2D eigenvalue weighted by atomic mass is 10.1. The molecule has 0 aliphatic carbocycles. The summed E-state index contributed by atoms with van der Waals surface area (Å²) in [7, 11) is 0. The number of amides is 1. The van der Waals surface area contributed by atoms with E-state index in [1.54, 1.807) is 12.1 Å². The minimum absolute atomic E-state index is 0.0104. The number of anilines is 1. The van der Waals surface area contributed by atoms with Gasteiger partial charge in [-0.2, -0.15) is 0 Å². The Bertz CT molecular complexity index is 688. The molecule has 2 rings (SSSR count). The Labute approximate surface area is 145 Å². The molecule has 0 spiro atoms. The molecule has 0 atom stereocenters. The number of rotatable bonds is 5. The monoisotopic (exact) mass is 353 g/mol. The number of aryl methyl sites for hydroxylation is 1. The molecule has 0 bridgehead atoms. The average molecular weight is 354 g/mol. The zero-order chi connectivity index (χ0) is 16.1. The second-order valence-corrected chi connectivity index (χ2v) is 6.85. The number of hydrogen-bond donors (Lipinski definition) is 1. The second kappa shape index (κ2) is 7.91. The standard InChI is InChI=1S/C17H17Cl2NOS/c1-11-4-3-5-16(12(11)2)20-17(21)10-22-9-13-6-7-14(18)8-15(13)19/h3-8H,9-10H2,1-2H3,(H,20,21). The van der Waals surface area contributed by atoms with Crippen LogP contribution in [0.5, 0.6) is 0 Å². The molecule has 2 aromatic rings. The first-order chi connectivity index (χ1) is 10.5. The van der Waals surface area contributed by atoms with E-state index in [0.29, 0.717) is 21.6 Å². The maximum Gasteiger partial charge on any atom is 0.234 e. The van der Waals surface area contributed by atoms with Gasteiger partial charge < -0.3 is 5.32 Å². The van der Waals surface area contributed by atoms with Crippen molar-refractivity contribution in [2.45, 2.75) is 19.6 Å². The molecule has 0 saturated carbocycles. The summed E-state index contributed by atoms with van der Waals surface area (Å²) >= 11 is 13.5. The SMILES string of the molecule is Cc1cccc(NC(=O)CSCc2ccc(Cl)cc2Cl)c1C. The zero-order valence-electron chi connectivity index (χ0n) is 12.5. The molecule has 1 N–H and O–H groups in total. The Morgan fingerprint density at radius 2 is 1.95 bits per heavy atom. The van der Waals surface area contributed by atoms with E-state index < -0.39 is 0 Å². The first kappa shape index (κ1) is 17.2. The van der Waals surface area contributed by atoms with Crippen LogP contribution in [0.2, 0.25) is 10.0 Å².